The van der Waals surface area contributed by atoms with Gasteiger partial charge in [0.25, 0.3) is 0 Å². The number of aryl methyl sites for hydroxylation is 7. The first kappa shape index (κ1) is 72.7. The molecule has 12 aromatic rings. The highest BCUT2D eigenvalue weighted by Crippen LogP contribution is 2.28. The molecule has 0 atom stereocenters. The van der Waals surface area contributed by atoms with Crippen molar-refractivity contribution in [3.05, 3.63) is 304 Å². The van der Waals surface area contributed by atoms with E-state index in [0.29, 0.717) is 103 Å². The van der Waals surface area contributed by atoms with Crippen LogP contribution in [0.25, 0.3) is 0 Å². The molecule has 0 N–H and O–H groups in total. The number of carbonyl (C=O) groups excluding carboxylic acids is 4. The van der Waals surface area contributed by atoms with Crippen LogP contribution in [0.3, 0.4) is 0 Å². The predicted octanol–water partition coefficient (Wildman–Crippen LogP) is 14.2. The highest BCUT2D eigenvalue weighted by molar-refractivity contribution is 5.97. The van der Waals surface area contributed by atoms with Crippen LogP contribution in [0, 0.1) is 75.8 Å². The molecule has 508 valence electrons. The van der Waals surface area contributed by atoms with E-state index < -0.39 is 11.6 Å². The first-order valence-corrected chi connectivity index (χ1v) is 31.4. The number of nitrogens with zero attached hydrogens (tertiary/aromatic N) is 15. The standard InChI is InChI=1S/C20H16N4O2.C19H13FN4O2.C19H16FN3O2.C19H18N4O2/c1-13-3-4-16(23-10-13)7-20(25)19-8-17(5-14(2)24-19)26-18-6-15(9-21)11-22-12-18;1-12-4-16(26-17-5-13(9-21)10-22-11-17)8-18(24-12)19(25)7-15-6-14(20)2-3-23-15;1-12-4-3-5-15(22-12)8-19(24)18-9-16(6-13(2)23-18)25-17-7-14(20)10-21-11-17;1-3-14-5-4-6-15(23-14)8-19(24)18-9-16(7-13(2)22-18)25-17-10-20-12-21-11-17/h3-6,8,10-12H,7H2,1-2H3;2-6,8,10-11H,7H2,1H3;3-7,9-11H,8H2,1-2H3;4-7,9-12H,3,8H2,1-2H3. The van der Waals surface area contributed by atoms with Crippen molar-refractivity contribution in [3.8, 4) is 58.1 Å². The van der Waals surface area contributed by atoms with Gasteiger partial charge in [-0.05, 0) is 96.0 Å². The lowest BCUT2D eigenvalue weighted by molar-refractivity contribution is 0.0978. The fourth-order valence-electron chi connectivity index (χ4n) is 9.45. The smallest absolute Gasteiger partial charge is 0.187 e. The number of hydrogen-bond acceptors (Lipinski definition) is 23. The molecule has 23 nitrogen and oxygen atoms in total. The van der Waals surface area contributed by atoms with E-state index in [2.05, 4.69) is 64.8 Å². The summed E-state index contributed by atoms with van der Waals surface area (Å²) in [7, 11) is 0. The van der Waals surface area contributed by atoms with Crippen LogP contribution in [0.1, 0.15) is 123 Å². The number of rotatable bonds is 21. The zero-order valence-electron chi connectivity index (χ0n) is 56.2. The number of aromatic nitrogens is 13. The lowest BCUT2D eigenvalue weighted by Gasteiger charge is -2.08. The average molecular weight is 1360 g/mol. The van der Waals surface area contributed by atoms with E-state index in [-0.39, 0.29) is 66.0 Å². The minimum Gasteiger partial charge on any atom is -0.456 e. The first-order valence-electron chi connectivity index (χ1n) is 31.4. The molecule has 0 bridgehead atoms. The number of halogens is 2. The Balaban J connectivity index is 0.000000158. The molecular weight excluding hydrogens is 1300 g/mol. The minimum absolute atomic E-state index is 0.0703. The molecule has 0 saturated carbocycles. The maximum atomic E-state index is 13.2. The Morgan fingerprint density at radius 2 is 0.784 bits per heavy atom. The van der Waals surface area contributed by atoms with Crippen LogP contribution in [-0.2, 0) is 32.1 Å². The molecule has 0 amide bonds. The zero-order valence-corrected chi connectivity index (χ0v) is 56.2. The van der Waals surface area contributed by atoms with Crippen molar-refractivity contribution in [3.63, 3.8) is 0 Å². The Labute approximate surface area is 585 Å². The van der Waals surface area contributed by atoms with Gasteiger partial charge < -0.3 is 18.9 Å². The van der Waals surface area contributed by atoms with E-state index in [1.54, 1.807) is 94.0 Å². The van der Waals surface area contributed by atoms with Gasteiger partial charge in [0.1, 0.15) is 93.1 Å². The summed E-state index contributed by atoms with van der Waals surface area (Å²) in [6.07, 6.45) is 17.2. The molecule has 0 radical (unpaired) electrons. The Morgan fingerprint density at radius 3 is 1.23 bits per heavy atom. The second kappa shape index (κ2) is 35.6. The van der Waals surface area contributed by atoms with Crippen molar-refractivity contribution in [2.75, 3.05) is 0 Å². The highest BCUT2D eigenvalue weighted by Gasteiger charge is 2.18. The molecule has 12 aromatic heterocycles. The topological polar surface area (TPSA) is 320 Å². The molecule has 12 heterocycles. The van der Waals surface area contributed by atoms with Crippen molar-refractivity contribution in [2.24, 2.45) is 0 Å². The maximum Gasteiger partial charge on any atom is 0.187 e. The lowest BCUT2D eigenvalue weighted by Crippen LogP contribution is -2.09. The number of pyridine rings is 11. The molecule has 12 rings (SSSR count). The maximum absolute atomic E-state index is 13.2. The molecule has 102 heavy (non-hydrogen) atoms. The van der Waals surface area contributed by atoms with Crippen LogP contribution in [0.4, 0.5) is 8.78 Å². The van der Waals surface area contributed by atoms with Gasteiger partial charge in [0.05, 0.1) is 79.7 Å². The fraction of sp³-hybridized carbons (Fsp3) is 0.156. The molecule has 0 saturated heterocycles. The fourth-order valence-corrected chi connectivity index (χ4v) is 9.45. The van der Waals surface area contributed by atoms with Gasteiger partial charge in [-0.25, -0.2) is 38.7 Å². The number of carbonyl (C=O) groups is 4. The van der Waals surface area contributed by atoms with Gasteiger partial charge in [-0.1, -0.05) is 25.1 Å². The normalized spacial score (nSPS) is 10.3. The molecule has 0 fully saturated rings. The second-order valence-electron chi connectivity index (χ2n) is 22.6. The van der Waals surface area contributed by atoms with Crippen molar-refractivity contribution in [2.45, 2.75) is 80.6 Å². The summed E-state index contributed by atoms with van der Waals surface area (Å²) >= 11 is 0. The van der Waals surface area contributed by atoms with Crippen molar-refractivity contribution in [1.29, 1.82) is 10.5 Å². The lowest BCUT2D eigenvalue weighted by atomic mass is 10.1. The SMILES string of the molecule is CCc1cccc(CC(=O)c2cc(Oc3cncnc3)cc(C)n2)n1.Cc1cc(Oc2cncc(C#N)c2)cc(C(=O)Cc2cc(F)ccn2)n1.Cc1ccc(CC(=O)c2cc(Oc3cncc(C#N)c3)cc(C)n2)nc1.Cc1cccc(CC(=O)c2cc(Oc3cncc(F)c3)cc(C)n2)n1. The molecule has 0 aliphatic rings. The number of ketones is 4. The number of hydrogen-bond donors (Lipinski definition) is 0. The van der Waals surface area contributed by atoms with Crippen LogP contribution >= 0.6 is 0 Å². The minimum atomic E-state index is -0.495. The van der Waals surface area contributed by atoms with Crippen LogP contribution < -0.4 is 18.9 Å². The van der Waals surface area contributed by atoms with Crippen molar-refractivity contribution >= 4 is 23.1 Å². The summed E-state index contributed by atoms with van der Waals surface area (Å²) in [5.74, 6) is 1.70. The Bertz CT molecular complexity index is 5080. The third kappa shape index (κ3) is 22.8. The summed E-state index contributed by atoms with van der Waals surface area (Å²) in [4.78, 5) is 104. The Morgan fingerprint density at radius 1 is 0.363 bits per heavy atom. The molecule has 0 aliphatic heterocycles. The van der Waals surface area contributed by atoms with Gasteiger partial charge in [0.2, 0.25) is 0 Å². The summed E-state index contributed by atoms with van der Waals surface area (Å²) in [5, 5.41) is 17.9. The highest BCUT2D eigenvalue weighted by atomic mass is 19.1. The number of ether oxygens (including phenoxy) is 4. The van der Waals surface area contributed by atoms with E-state index >= 15 is 0 Å². The first-order chi connectivity index (χ1) is 49.2. The average Bonchev–Trinajstić information content (AvgIpc) is 0.861. The van der Waals surface area contributed by atoms with Crippen LogP contribution in [0.5, 0.6) is 46.0 Å². The summed E-state index contributed by atoms with van der Waals surface area (Å²) in [6.45, 7) is 13.0. The molecule has 0 spiro atoms. The number of Topliss-reactive ketones (excluding diaryl/α,β-unsaturated/α-hetero) is 4. The Kier molecular flexibility index (Phi) is 25.4. The van der Waals surface area contributed by atoms with Crippen molar-refractivity contribution < 1.29 is 46.9 Å². The molecule has 0 unspecified atom stereocenters. The quantitative estimate of drug-likeness (QED) is 0.0603. The predicted molar refractivity (Wildman–Crippen MR) is 368 cm³/mol. The van der Waals surface area contributed by atoms with Crippen LogP contribution in [0.2, 0.25) is 0 Å². The molecular formula is C77H63F2N15O8. The van der Waals surface area contributed by atoms with Crippen molar-refractivity contribution in [1.82, 2.24) is 64.8 Å². The van der Waals surface area contributed by atoms with Gasteiger partial charge >= 0.3 is 0 Å². The van der Waals surface area contributed by atoms with Crippen LogP contribution in [0.15, 0.2) is 196 Å². The van der Waals surface area contributed by atoms with E-state index in [1.807, 2.05) is 82.3 Å². The number of nitriles is 2. The molecule has 0 aromatic carbocycles. The summed E-state index contributed by atoms with van der Waals surface area (Å²) < 4.78 is 49.2. The van der Waals surface area contributed by atoms with E-state index in [9.17, 15) is 28.0 Å². The third-order valence-corrected chi connectivity index (χ3v) is 14.0. The van der Waals surface area contributed by atoms with Gasteiger partial charge in [-0.2, -0.15) is 10.5 Å². The Hall–Kier alpha value is -13.6. The summed E-state index contributed by atoms with van der Waals surface area (Å²) in [5.41, 5.74) is 9.78. The van der Waals surface area contributed by atoms with E-state index in [4.69, 9.17) is 29.5 Å². The van der Waals surface area contributed by atoms with E-state index in [0.717, 1.165) is 35.3 Å². The van der Waals surface area contributed by atoms with E-state index in [1.165, 1.54) is 73.8 Å². The van der Waals surface area contributed by atoms with Crippen LogP contribution in [-0.4, -0.2) is 87.9 Å². The van der Waals surface area contributed by atoms with Gasteiger partial charge in [0, 0.05) is 143 Å². The molecule has 0 aliphatic carbocycles. The van der Waals surface area contributed by atoms with Gasteiger partial charge in [-0.15, -0.1) is 0 Å². The summed E-state index contributed by atoms with van der Waals surface area (Å²) in [6, 6.07) is 38.8. The van der Waals surface area contributed by atoms with Gasteiger partial charge in [0.15, 0.2) is 28.9 Å². The monoisotopic (exact) mass is 1360 g/mol. The van der Waals surface area contributed by atoms with Gasteiger partial charge in [-0.3, -0.25) is 54.1 Å². The zero-order chi connectivity index (χ0) is 72.5. The molecule has 25 heteroatoms. The largest absolute Gasteiger partial charge is 0.456 e. The third-order valence-electron chi connectivity index (χ3n) is 14.0. The second-order valence-corrected chi connectivity index (χ2v) is 22.6.